The average Bonchev–Trinajstić information content (AvgIpc) is 3.13. The van der Waals surface area contributed by atoms with E-state index in [2.05, 4.69) is 0 Å². The Labute approximate surface area is 168 Å². The van der Waals surface area contributed by atoms with E-state index in [1.165, 1.54) is 11.8 Å². The molecule has 1 aliphatic heterocycles. The van der Waals surface area contributed by atoms with Crippen molar-refractivity contribution in [1.82, 2.24) is 0 Å². The number of nitrogens with zero attached hydrogens (tertiary/aromatic N) is 1. The first-order valence-electron chi connectivity index (χ1n) is 8.53. The molecule has 0 aromatic heterocycles. The Morgan fingerprint density at radius 1 is 0.857 bits per heavy atom. The van der Waals surface area contributed by atoms with E-state index >= 15 is 0 Å². The highest BCUT2D eigenvalue weighted by Gasteiger charge is 2.37. The average molecular weight is 405 g/mol. The molecule has 2 aromatic rings. The van der Waals surface area contributed by atoms with E-state index in [9.17, 15) is 4.79 Å². The standard InChI is InChI=1S/C20H23NO6S/c1-23-13-6-7-15(24-2)14(10-13)21-18(22)11-28-20(21)12-8-16(25-3)19(27-5)17(9-12)26-4/h6-10,20H,11H2,1-5H3. The minimum absolute atomic E-state index is 0.0182. The number of hydrogen-bond donors (Lipinski definition) is 0. The molecular weight excluding hydrogens is 382 g/mol. The third kappa shape index (κ3) is 3.52. The third-order valence-electron chi connectivity index (χ3n) is 4.49. The Hall–Kier alpha value is -2.74. The summed E-state index contributed by atoms with van der Waals surface area (Å²) in [6.45, 7) is 0. The molecule has 1 unspecified atom stereocenters. The van der Waals surface area contributed by atoms with Crippen LogP contribution in [0.3, 0.4) is 0 Å². The molecule has 0 saturated carbocycles. The van der Waals surface area contributed by atoms with Crippen LogP contribution in [0, 0.1) is 0 Å². The van der Waals surface area contributed by atoms with Gasteiger partial charge in [-0.3, -0.25) is 9.69 Å². The summed E-state index contributed by atoms with van der Waals surface area (Å²) in [7, 11) is 7.85. The van der Waals surface area contributed by atoms with Crippen LogP contribution >= 0.6 is 11.8 Å². The molecule has 1 heterocycles. The highest BCUT2D eigenvalue weighted by Crippen LogP contribution is 2.49. The molecule has 1 aliphatic rings. The fourth-order valence-electron chi connectivity index (χ4n) is 3.16. The lowest BCUT2D eigenvalue weighted by atomic mass is 10.1. The largest absolute Gasteiger partial charge is 0.497 e. The predicted octanol–water partition coefficient (Wildman–Crippen LogP) is 3.51. The van der Waals surface area contributed by atoms with E-state index in [-0.39, 0.29) is 11.3 Å². The third-order valence-corrected chi connectivity index (χ3v) is 5.70. The van der Waals surface area contributed by atoms with Gasteiger partial charge in [0.15, 0.2) is 11.5 Å². The molecule has 0 radical (unpaired) electrons. The van der Waals surface area contributed by atoms with Crippen LogP contribution in [-0.2, 0) is 4.79 Å². The van der Waals surface area contributed by atoms with E-state index in [1.807, 2.05) is 12.1 Å². The second-order valence-electron chi connectivity index (χ2n) is 5.92. The van der Waals surface area contributed by atoms with Gasteiger partial charge in [0.1, 0.15) is 16.9 Å². The van der Waals surface area contributed by atoms with E-state index in [0.717, 1.165) is 5.56 Å². The maximum atomic E-state index is 12.8. The second-order valence-corrected chi connectivity index (χ2v) is 6.99. The Bertz CT molecular complexity index is 847. The van der Waals surface area contributed by atoms with E-state index < -0.39 is 0 Å². The molecule has 0 aliphatic carbocycles. The molecule has 0 N–H and O–H groups in total. The van der Waals surface area contributed by atoms with Crippen molar-refractivity contribution in [3.63, 3.8) is 0 Å². The van der Waals surface area contributed by atoms with Gasteiger partial charge >= 0.3 is 0 Å². The van der Waals surface area contributed by atoms with E-state index in [0.29, 0.717) is 40.2 Å². The van der Waals surface area contributed by atoms with Gasteiger partial charge in [-0.1, -0.05) is 0 Å². The number of ether oxygens (including phenoxy) is 5. The Morgan fingerprint density at radius 3 is 2.04 bits per heavy atom. The van der Waals surface area contributed by atoms with Crippen LogP contribution in [0.25, 0.3) is 0 Å². The normalized spacial score (nSPS) is 16.1. The van der Waals surface area contributed by atoms with Gasteiger partial charge in [-0.15, -0.1) is 11.8 Å². The van der Waals surface area contributed by atoms with Crippen molar-refractivity contribution in [3.8, 4) is 28.7 Å². The molecule has 1 fully saturated rings. The highest BCUT2D eigenvalue weighted by atomic mass is 32.2. The zero-order chi connectivity index (χ0) is 20.3. The minimum atomic E-state index is -0.276. The summed E-state index contributed by atoms with van der Waals surface area (Å²) >= 11 is 1.52. The molecule has 0 bridgehead atoms. The zero-order valence-electron chi connectivity index (χ0n) is 16.5. The summed E-state index contributed by atoms with van der Waals surface area (Å²) in [6.07, 6.45) is 0. The van der Waals surface area contributed by atoms with Gasteiger partial charge < -0.3 is 23.7 Å². The topological polar surface area (TPSA) is 66.5 Å². The van der Waals surface area contributed by atoms with Crippen LogP contribution in [0.2, 0.25) is 0 Å². The molecule has 1 amide bonds. The van der Waals surface area contributed by atoms with Gasteiger partial charge in [0.05, 0.1) is 47.0 Å². The number of thioether (sulfide) groups is 1. The van der Waals surface area contributed by atoms with Crippen LogP contribution in [0.15, 0.2) is 30.3 Å². The van der Waals surface area contributed by atoms with Gasteiger partial charge in [0.25, 0.3) is 0 Å². The SMILES string of the molecule is COc1ccc(OC)c(N2C(=O)CSC2c2cc(OC)c(OC)c(OC)c2)c1. The lowest BCUT2D eigenvalue weighted by molar-refractivity contribution is -0.115. The Balaban J connectivity index is 2.11. The second kappa shape index (κ2) is 8.52. The predicted molar refractivity (Wildman–Crippen MR) is 108 cm³/mol. The van der Waals surface area contributed by atoms with Crippen LogP contribution in [0.4, 0.5) is 5.69 Å². The fraction of sp³-hybridized carbons (Fsp3) is 0.350. The number of carbonyl (C=O) groups excluding carboxylic acids is 1. The minimum Gasteiger partial charge on any atom is -0.497 e. The van der Waals surface area contributed by atoms with Gasteiger partial charge in [0, 0.05) is 6.07 Å². The number of rotatable bonds is 7. The lowest BCUT2D eigenvalue weighted by Crippen LogP contribution is -2.28. The number of anilines is 1. The molecule has 1 atom stereocenters. The zero-order valence-corrected chi connectivity index (χ0v) is 17.3. The Kier molecular flexibility index (Phi) is 6.08. The number of carbonyl (C=O) groups is 1. The summed E-state index contributed by atoms with van der Waals surface area (Å²) < 4.78 is 27.2. The molecule has 1 saturated heterocycles. The van der Waals surface area contributed by atoms with E-state index in [4.69, 9.17) is 23.7 Å². The first-order chi connectivity index (χ1) is 13.6. The summed E-state index contributed by atoms with van der Waals surface area (Å²) in [6, 6.07) is 9.10. The van der Waals surface area contributed by atoms with Gasteiger partial charge in [-0.05, 0) is 29.8 Å². The van der Waals surface area contributed by atoms with Crippen molar-refractivity contribution in [1.29, 1.82) is 0 Å². The number of benzene rings is 2. The molecule has 3 rings (SSSR count). The maximum absolute atomic E-state index is 12.8. The first kappa shape index (κ1) is 20.0. The molecule has 7 nitrogen and oxygen atoms in total. The molecule has 28 heavy (non-hydrogen) atoms. The van der Waals surface area contributed by atoms with Crippen molar-refractivity contribution in [2.24, 2.45) is 0 Å². The van der Waals surface area contributed by atoms with Crippen molar-refractivity contribution >= 4 is 23.4 Å². The van der Waals surface area contributed by atoms with Crippen molar-refractivity contribution in [3.05, 3.63) is 35.9 Å². The molecule has 150 valence electrons. The summed E-state index contributed by atoms with van der Waals surface area (Å²) in [5.41, 5.74) is 1.51. The smallest absolute Gasteiger partial charge is 0.238 e. The number of amides is 1. The van der Waals surface area contributed by atoms with Crippen LogP contribution in [0.5, 0.6) is 28.7 Å². The first-order valence-corrected chi connectivity index (χ1v) is 9.58. The van der Waals surface area contributed by atoms with E-state index in [1.54, 1.807) is 58.6 Å². The fourth-order valence-corrected chi connectivity index (χ4v) is 4.31. The van der Waals surface area contributed by atoms with Crippen LogP contribution in [-0.4, -0.2) is 47.2 Å². The maximum Gasteiger partial charge on any atom is 0.238 e. The molecule has 0 spiro atoms. The van der Waals surface area contributed by atoms with Gasteiger partial charge in [-0.25, -0.2) is 0 Å². The van der Waals surface area contributed by atoms with Crippen molar-refractivity contribution < 1.29 is 28.5 Å². The summed E-state index contributed by atoms with van der Waals surface area (Å²) in [5.74, 6) is 3.15. The van der Waals surface area contributed by atoms with Crippen molar-refractivity contribution in [2.75, 3.05) is 46.2 Å². The number of methoxy groups -OCH3 is 5. The summed E-state index contributed by atoms with van der Waals surface area (Å²) in [5, 5.41) is -0.276. The molecule has 2 aromatic carbocycles. The van der Waals surface area contributed by atoms with Gasteiger partial charge in [0.2, 0.25) is 11.7 Å². The summed E-state index contributed by atoms with van der Waals surface area (Å²) in [4.78, 5) is 14.5. The number of hydrogen-bond acceptors (Lipinski definition) is 7. The Morgan fingerprint density at radius 2 is 1.50 bits per heavy atom. The van der Waals surface area contributed by atoms with Gasteiger partial charge in [-0.2, -0.15) is 0 Å². The molecular formula is C20H23NO6S. The quantitative estimate of drug-likeness (QED) is 0.698. The van der Waals surface area contributed by atoms with Crippen molar-refractivity contribution in [2.45, 2.75) is 5.37 Å². The lowest BCUT2D eigenvalue weighted by Gasteiger charge is -2.27. The monoisotopic (exact) mass is 405 g/mol. The molecule has 8 heteroatoms. The van der Waals surface area contributed by atoms with Crippen LogP contribution in [0.1, 0.15) is 10.9 Å². The van der Waals surface area contributed by atoms with Crippen LogP contribution < -0.4 is 28.6 Å². The highest BCUT2D eigenvalue weighted by molar-refractivity contribution is 8.00.